The highest BCUT2D eigenvalue weighted by Gasteiger charge is 2.02. The van der Waals surface area contributed by atoms with Crippen molar-refractivity contribution in [2.45, 2.75) is 6.54 Å². The minimum absolute atomic E-state index is 0.564. The number of hydrogen-bond acceptors (Lipinski definition) is 4. The van der Waals surface area contributed by atoms with Crippen molar-refractivity contribution in [1.82, 2.24) is 5.32 Å². The Hall–Kier alpha value is -0.620. The Bertz CT molecular complexity index is 347. The lowest BCUT2D eigenvalue weighted by Crippen LogP contribution is -2.18. The maximum atomic E-state index is 5.57. The van der Waals surface area contributed by atoms with Gasteiger partial charge in [-0.2, -0.15) is 0 Å². The van der Waals surface area contributed by atoms with Gasteiger partial charge >= 0.3 is 0 Å². The first-order valence-corrected chi connectivity index (χ1v) is 6.67. The monoisotopic (exact) mass is 317 g/mol. The molecule has 5 heteroatoms. The van der Waals surface area contributed by atoms with E-state index < -0.39 is 0 Å². The standard InChI is InChI=1S/C13H20BrNO3/c1-16-6-5-15-10-11-9-12(3-4-13(11)14)18-8-7-17-2/h3-4,9,15H,5-8,10H2,1-2H3. The molecule has 0 fully saturated rings. The van der Waals surface area contributed by atoms with Gasteiger partial charge in [0.2, 0.25) is 0 Å². The number of nitrogens with one attached hydrogen (secondary N) is 1. The van der Waals surface area contributed by atoms with Crippen molar-refractivity contribution < 1.29 is 14.2 Å². The van der Waals surface area contributed by atoms with Crippen molar-refractivity contribution in [1.29, 1.82) is 0 Å². The van der Waals surface area contributed by atoms with E-state index in [1.807, 2.05) is 18.2 Å². The van der Waals surface area contributed by atoms with Crippen molar-refractivity contribution in [3.63, 3.8) is 0 Å². The average Bonchev–Trinajstić information content (AvgIpc) is 2.38. The molecule has 0 saturated carbocycles. The molecule has 0 aromatic heterocycles. The molecule has 0 atom stereocenters. The Balaban J connectivity index is 2.46. The fourth-order valence-corrected chi connectivity index (χ4v) is 1.80. The van der Waals surface area contributed by atoms with Crippen LogP contribution in [0.3, 0.4) is 0 Å². The second-order valence-corrected chi connectivity index (χ2v) is 4.62. The van der Waals surface area contributed by atoms with Crippen molar-refractivity contribution in [3.8, 4) is 5.75 Å². The highest BCUT2D eigenvalue weighted by molar-refractivity contribution is 9.10. The van der Waals surface area contributed by atoms with Crippen LogP contribution in [-0.2, 0) is 16.0 Å². The molecule has 4 nitrogen and oxygen atoms in total. The lowest BCUT2D eigenvalue weighted by molar-refractivity contribution is 0.146. The first-order valence-electron chi connectivity index (χ1n) is 5.87. The van der Waals surface area contributed by atoms with E-state index in [0.717, 1.165) is 23.3 Å². The summed E-state index contributed by atoms with van der Waals surface area (Å²) in [6, 6.07) is 5.97. The van der Waals surface area contributed by atoms with Gasteiger partial charge in [-0.3, -0.25) is 0 Å². The summed E-state index contributed by atoms with van der Waals surface area (Å²) in [7, 11) is 3.36. The number of methoxy groups -OCH3 is 2. The van der Waals surface area contributed by atoms with Crippen LogP contribution in [0.2, 0.25) is 0 Å². The summed E-state index contributed by atoms with van der Waals surface area (Å²) < 4.78 is 16.6. The molecule has 0 aliphatic rings. The molecule has 0 heterocycles. The molecule has 0 aliphatic heterocycles. The quantitative estimate of drug-likeness (QED) is 0.709. The zero-order valence-electron chi connectivity index (χ0n) is 10.9. The third-order valence-corrected chi connectivity index (χ3v) is 3.15. The lowest BCUT2D eigenvalue weighted by atomic mass is 10.2. The predicted octanol–water partition coefficient (Wildman–Crippen LogP) is 2.21. The van der Waals surface area contributed by atoms with Crippen LogP contribution >= 0.6 is 15.9 Å². The van der Waals surface area contributed by atoms with E-state index in [9.17, 15) is 0 Å². The first kappa shape index (κ1) is 15.4. The predicted molar refractivity (Wildman–Crippen MR) is 75.1 cm³/mol. The van der Waals surface area contributed by atoms with Gasteiger partial charge in [0.05, 0.1) is 13.2 Å². The summed E-state index contributed by atoms with van der Waals surface area (Å²) in [5.74, 6) is 0.860. The molecule has 0 saturated heterocycles. The molecule has 0 amide bonds. The summed E-state index contributed by atoms with van der Waals surface area (Å²) in [5, 5.41) is 3.30. The number of rotatable bonds is 9. The number of halogens is 1. The van der Waals surface area contributed by atoms with Crippen molar-refractivity contribution in [2.75, 3.05) is 40.6 Å². The normalized spacial score (nSPS) is 10.6. The van der Waals surface area contributed by atoms with Crippen LogP contribution in [0, 0.1) is 0 Å². The minimum Gasteiger partial charge on any atom is -0.491 e. The SMILES string of the molecule is COCCNCc1cc(OCCOC)ccc1Br. The van der Waals surface area contributed by atoms with E-state index in [4.69, 9.17) is 14.2 Å². The topological polar surface area (TPSA) is 39.7 Å². The van der Waals surface area contributed by atoms with Crippen molar-refractivity contribution in [2.24, 2.45) is 0 Å². The van der Waals surface area contributed by atoms with E-state index in [2.05, 4.69) is 21.2 Å². The van der Waals surface area contributed by atoms with Gasteiger partial charge in [-0.15, -0.1) is 0 Å². The van der Waals surface area contributed by atoms with Gasteiger partial charge in [-0.1, -0.05) is 15.9 Å². The maximum absolute atomic E-state index is 5.57. The molecular weight excluding hydrogens is 298 g/mol. The number of ether oxygens (including phenoxy) is 3. The fraction of sp³-hybridized carbons (Fsp3) is 0.538. The highest BCUT2D eigenvalue weighted by atomic mass is 79.9. The zero-order valence-corrected chi connectivity index (χ0v) is 12.5. The third kappa shape index (κ3) is 5.82. The molecule has 1 aromatic carbocycles. The Morgan fingerprint density at radius 2 is 1.89 bits per heavy atom. The van der Waals surface area contributed by atoms with Gasteiger partial charge in [-0.25, -0.2) is 0 Å². The molecule has 0 spiro atoms. The Morgan fingerprint density at radius 1 is 1.11 bits per heavy atom. The van der Waals surface area contributed by atoms with Crippen LogP contribution in [0.1, 0.15) is 5.56 Å². The second-order valence-electron chi connectivity index (χ2n) is 3.76. The zero-order chi connectivity index (χ0) is 13.2. The van der Waals surface area contributed by atoms with Crippen LogP contribution < -0.4 is 10.1 Å². The minimum atomic E-state index is 0.564. The highest BCUT2D eigenvalue weighted by Crippen LogP contribution is 2.22. The van der Waals surface area contributed by atoms with E-state index >= 15 is 0 Å². The van der Waals surface area contributed by atoms with Crippen LogP contribution in [0.25, 0.3) is 0 Å². The Labute approximate surface area is 117 Å². The molecule has 0 bridgehead atoms. The van der Waals surface area contributed by atoms with E-state index in [0.29, 0.717) is 19.8 Å². The summed E-state index contributed by atoms with van der Waals surface area (Å²) in [6.45, 7) is 3.48. The molecular formula is C13H20BrNO3. The average molecular weight is 318 g/mol. The molecule has 18 heavy (non-hydrogen) atoms. The van der Waals surface area contributed by atoms with Crippen LogP contribution in [0.5, 0.6) is 5.75 Å². The van der Waals surface area contributed by atoms with Gasteiger partial charge in [-0.05, 0) is 23.8 Å². The summed E-state index contributed by atoms with van der Waals surface area (Å²) in [4.78, 5) is 0. The van der Waals surface area contributed by atoms with Crippen LogP contribution in [-0.4, -0.2) is 40.6 Å². The Morgan fingerprint density at radius 3 is 2.61 bits per heavy atom. The molecule has 1 N–H and O–H groups in total. The summed E-state index contributed by atoms with van der Waals surface area (Å²) in [5.41, 5.74) is 1.17. The van der Waals surface area contributed by atoms with E-state index in [1.165, 1.54) is 5.56 Å². The molecule has 1 aromatic rings. The van der Waals surface area contributed by atoms with E-state index in [-0.39, 0.29) is 0 Å². The number of hydrogen-bond donors (Lipinski definition) is 1. The van der Waals surface area contributed by atoms with Crippen molar-refractivity contribution >= 4 is 15.9 Å². The van der Waals surface area contributed by atoms with Gasteiger partial charge in [0, 0.05) is 31.8 Å². The van der Waals surface area contributed by atoms with Crippen molar-refractivity contribution in [3.05, 3.63) is 28.2 Å². The second kappa shape index (κ2) is 9.33. The summed E-state index contributed by atoms with van der Waals surface area (Å²) >= 11 is 3.53. The van der Waals surface area contributed by atoms with E-state index in [1.54, 1.807) is 14.2 Å². The molecule has 102 valence electrons. The maximum Gasteiger partial charge on any atom is 0.119 e. The first-order chi connectivity index (χ1) is 8.77. The molecule has 0 radical (unpaired) electrons. The third-order valence-electron chi connectivity index (χ3n) is 2.37. The van der Waals surface area contributed by atoms with Crippen LogP contribution in [0.15, 0.2) is 22.7 Å². The fourth-order valence-electron chi connectivity index (χ4n) is 1.42. The summed E-state index contributed by atoms with van der Waals surface area (Å²) in [6.07, 6.45) is 0. The smallest absolute Gasteiger partial charge is 0.119 e. The van der Waals surface area contributed by atoms with Gasteiger partial charge in [0.1, 0.15) is 12.4 Å². The van der Waals surface area contributed by atoms with Gasteiger partial charge in [0.25, 0.3) is 0 Å². The molecule has 0 unspecified atom stereocenters. The Kier molecular flexibility index (Phi) is 8.00. The number of benzene rings is 1. The lowest BCUT2D eigenvalue weighted by Gasteiger charge is -2.10. The molecule has 0 aliphatic carbocycles. The molecule has 1 rings (SSSR count). The largest absolute Gasteiger partial charge is 0.491 e. The van der Waals surface area contributed by atoms with Gasteiger partial charge in [0.15, 0.2) is 0 Å². The van der Waals surface area contributed by atoms with Gasteiger partial charge < -0.3 is 19.5 Å². The van der Waals surface area contributed by atoms with Crippen LogP contribution in [0.4, 0.5) is 0 Å².